The molecule has 0 saturated heterocycles. The van der Waals surface area contributed by atoms with Crippen molar-refractivity contribution in [3.05, 3.63) is 66.0 Å². The highest BCUT2D eigenvalue weighted by atomic mass is 19.1. The Morgan fingerprint density at radius 2 is 1.72 bits per heavy atom. The molecule has 0 aliphatic rings. The first-order valence-electron chi connectivity index (χ1n) is 8.77. The molecule has 3 nitrogen and oxygen atoms in total. The van der Waals surface area contributed by atoms with Gasteiger partial charge in [-0.3, -0.25) is 4.79 Å². The molecule has 0 fully saturated rings. The minimum Gasteiger partial charge on any atom is -0.481 e. The SMILES string of the molecule is CC[C@@H](Oc1ccc(F)cc1)C(=O)N[C@@H](CC(C)C)c1ccccc1. The van der Waals surface area contributed by atoms with Crippen LogP contribution in [0.2, 0.25) is 0 Å². The van der Waals surface area contributed by atoms with Gasteiger partial charge in [0.25, 0.3) is 5.91 Å². The zero-order valence-corrected chi connectivity index (χ0v) is 15.0. The summed E-state index contributed by atoms with van der Waals surface area (Å²) in [6, 6.07) is 15.6. The van der Waals surface area contributed by atoms with Crippen LogP contribution in [0.1, 0.15) is 45.2 Å². The number of nitrogens with one attached hydrogen (secondary N) is 1. The van der Waals surface area contributed by atoms with Gasteiger partial charge in [0.1, 0.15) is 11.6 Å². The van der Waals surface area contributed by atoms with Crippen molar-refractivity contribution < 1.29 is 13.9 Å². The standard InChI is InChI=1S/C21H26FNO2/c1-4-20(25-18-12-10-17(22)11-13-18)21(24)23-19(14-15(2)3)16-8-6-5-7-9-16/h5-13,15,19-20H,4,14H2,1-3H3,(H,23,24)/t19-,20+/m0/s1. The van der Waals surface area contributed by atoms with Crippen LogP contribution in [0, 0.1) is 11.7 Å². The van der Waals surface area contributed by atoms with Crippen molar-refractivity contribution in [2.24, 2.45) is 5.92 Å². The Bertz CT molecular complexity index is 655. The molecule has 134 valence electrons. The maximum absolute atomic E-state index is 13.0. The Kier molecular flexibility index (Phi) is 6.99. The largest absolute Gasteiger partial charge is 0.481 e. The number of rotatable bonds is 8. The molecule has 0 spiro atoms. The average Bonchev–Trinajstić information content (AvgIpc) is 2.61. The highest BCUT2D eigenvalue weighted by Gasteiger charge is 2.23. The lowest BCUT2D eigenvalue weighted by atomic mass is 9.96. The number of hydrogen-bond donors (Lipinski definition) is 1. The van der Waals surface area contributed by atoms with E-state index in [0.717, 1.165) is 12.0 Å². The van der Waals surface area contributed by atoms with Crippen LogP contribution in [-0.2, 0) is 4.79 Å². The van der Waals surface area contributed by atoms with E-state index in [-0.39, 0.29) is 17.8 Å². The van der Waals surface area contributed by atoms with Crippen LogP contribution in [-0.4, -0.2) is 12.0 Å². The van der Waals surface area contributed by atoms with Gasteiger partial charge in [-0.25, -0.2) is 4.39 Å². The smallest absolute Gasteiger partial charge is 0.261 e. The van der Waals surface area contributed by atoms with Gasteiger partial charge in [-0.2, -0.15) is 0 Å². The van der Waals surface area contributed by atoms with Crippen LogP contribution in [0.5, 0.6) is 5.75 Å². The number of hydrogen-bond acceptors (Lipinski definition) is 2. The molecule has 0 unspecified atom stereocenters. The van der Waals surface area contributed by atoms with Crippen molar-refractivity contribution >= 4 is 5.91 Å². The first-order chi connectivity index (χ1) is 12.0. The number of ether oxygens (including phenoxy) is 1. The topological polar surface area (TPSA) is 38.3 Å². The molecule has 2 rings (SSSR count). The molecule has 0 aromatic heterocycles. The van der Waals surface area contributed by atoms with Crippen LogP contribution in [0.4, 0.5) is 4.39 Å². The van der Waals surface area contributed by atoms with E-state index < -0.39 is 6.10 Å². The van der Waals surface area contributed by atoms with Crippen molar-refractivity contribution in [3.63, 3.8) is 0 Å². The summed E-state index contributed by atoms with van der Waals surface area (Å²) in [5.41, 5.74) is 1.08. The summed E-state index contributed by atoms with van der Waals surface area (Å²) < 4.78 is 18.8. The van der Waals surface area contributed by atoms with Crippen molar-refractivity contribution in [3.8, 4) is 5.75 Å². The second-order valence-electron chi connectivity index (χ2n) is 6.57. The fraction of sp³-hybridized carbons (Fsp3) is 0.381. The monoisotopic (exact) mass is 343 g/mol. The summed E-state index contributed by atoms with van der Waals surface area (Å²) in [5, 5.41) is 3.11. The Hall–Kier alpha value is -2.36. The predicted octanol–water partition coefficient (Wildman–Crippen LogP) is 4.89. The zero-order chi connectivity index (χ0) is 18.2. The second-order valence-corrected chi connectivity index (χ2v) is 6.57. The molecule has 1 N–H and O–H groups in total. The molecule has 2 aromatic carbocycles. The zero-order valence-electron chi connectivity index (χ0n) is 15.0. The molecular weight excluding hydrogens is 317 g/mol. The van der Waals surface area contributed by atoms with E-state index in [1.54, 1.807) is 0 Å². The van der Waals surface area contributed by atoms with E-state index >= 15 is 0 Å². The van der Waals surface area contributed by atoms with Gasteiger partial charge in [0, 0.05) is 0 Å². The van der Waals surface area contributed by atoms with Crippen LogP contribution >= 0.6 is 0 Å². The van der Waals surface area contributed by atoms with Crippen LogP contribution in [0.3, 0.4) is 0 Å². The fourth-order valence-electron chi connectivity index (χ4n) is 2.70. The molecule has 0 bridgehead atoms. The van der Waals surface area contributed by atoms with Crippen LogP contribution < -0.4 is 10.1 Å². The predicted molar refractivity (Wildman–Crippen MR) is 97.9 cm³/mol. The molecule has 2 atom stereocenters. The number of benzene rings is 2. The van der Waals surface area contributed by atoms with Crippen molar-refractivity contribution in [1.29, 1.82) is 0 Å². The molecule has 0 radical (unpaired) electrons. The van der Waals surface area contributed by atoms with Gasteiger partial charge in [0.15, 0.2) is 6.10 Å². The number of carbonyl (C=O) groups excluding carboxylic acids is 1. The highest BCUT2D eigenvalue weighted by molar-refractivity contribution is 5.81. The first-order valence-corrected chi connectivity index (χ1v) is 8.77. The maximum atomic E-state index is 13.0. The molecule has 0 saturated carbocycles. The van der Waals surface area contributed by atoms with E-state index in [1.165, 1.54) is 24.3 Å². The van der Waals surface area contributed by atoms with Crippen molar-refractivity contribution in [2.45, 2.75) is 45.8 Å². The van der Waals surface area contributed by atoms with Crippen LogP contribution in [0.25, 0.3) is 0 Å². The first kappa shape index (κ1) is 19.0. The lowest BCUT2D eigenvalue weighted by Gasteiger charge is -2.24. The van der Waals surface area contributed by atoms with Gasteiger partial charge in [-0.1, -0.05) is 51.1 Å². The van der Waals surface area contributed by atoms with E-state index in [2.05, 4.69) is 19.2 Å². The lowest BCUT2D eigenvalue weighted by molar-refractivity contribution is -0.129. The Morgan fingerprint density at radius 3 is 2.28 bits per heavy atom. The third-order valence-corrected chi connectivity index (χ3v) is 3.98. The summed E-state index contributed by atoms with van der Waals surface area (Å²) >= 11 is 0. The maximum Gasteiger partial charge on any atom is 0.261 e. The second kappa shape index (κ2) is 9.21. The fourth-order valence-corrected chi connectivity index (χ4v) is 2.70. The van der Waals surface area contributed by atoms with Gasteiger partial charge in [0.05, 0.1) is 6.04 Å². The summed E-state index contributed by atoms with van der Waals surface area (Å²) in [5.74, 6) is 0.458. The molecule has 2 aromatic rings. The number of halogens is 1. The molecule has 25 heavy (non-hydrogen) atoms. The van der Waals surface area contributed by atoms with E-state index in [1.807, 2.05) is 37.3 Å². The van der Waals surface area contributed by atoms with E-state index in [0.29, 0.717) is 18.1 Å². The minimum absolute atomic E-state index is 0.0560. The number of amides is 1. The van der Waals surface area contributed by atoms with Gasteiger partial charge in [0.2, 0.25) is 0 Å². The Morgan fingerprint density at radius 1 is 1.08 bits per heavy atom. The summed E-state index contributed by atoms with van der Waals surface area (Å²) in [6.45, 7) is 6.16. The quantitative estimate of drug-likeness (QED) is 0.741. The highest BCUT2D eigenvalue weighted by Crippen LogP contribution is 2.22. The van der Waals surface area contributed by atoms with Gasteiger partial charge in [-0.05, 0) is 48.6 Å². The van der Waals surface area contributed by atoms with E-state index in [9.17, 15) is 9.18 Å². The van der Waals surface area contributed by atoms with Crippen molar-refractivity contribution in [2.75, 3.05) is 0 Å². The number of carbonyl (C=O) groups is 1. The van der Waals surface area contributed by atoms with E-state index in [4.69, 9.17) is 4.74 Å². The molecule has 4 heteroatoms. The summed E-state index contributed by atoms with van der Waals surface area (Å²) in [7, 11) is 0. The third kappa shape index (κ3) is 5.89. The van der Waals surface area contributed by atoms with Crippen LogP contribution in [0.15, 0.2) is 54.6 Å². The van der Waals surface area contributed by atoms with Crippen molar-refractivity contribution in [1.82, 2.24) is 5.32 Å². The normalized spacial score (nSPS) is 13.3. The molecule has 0 aliphatic carbocycles. The summed E-state index contributed by atoms with van der Waals surface area (Å²) in [4.78, 5) is 12.7. The minimum atomic E-state index is -0.608. The molecule has 0 aliphatic heterocycles. The summed E-state index contributed by atoms with van der Waals surface area (Å²) in [6.07, 6.45) is 0.777. The molecular formula is C21H26FNO2. The Labute approximate surface area is 149 Å². The van der Waals surface area contributed by atoms with Gasteiger partial charge in [-0.15, -0.1) is 0 Å². The molecule has 0 heterocycles. The molecule has 1 amide bonds. The van der Waals surface area contributed by atoms with Gasteiger partial charge >= 0.3 is 0 Å². The van der Waals surface area contributed by atoms with Gasteiger partial charge < -0.3 is 10.1 Å². The average molecular weight is 343 g/mol. The lowest BCUT2D eigenvalue weighted by Crippen LogP contribution is -2.40. The third-order valence-electron chi connectivity index (χ3n) is 3.98. The Balaban J connectivity index is 2.08.